The molecule has 5 nitrogen and oxygen atoms in total. The van der Waals surface area contributed by atoms with Crippen LogP contribution in [0, 0.1) is 16.0 Å². The fraction of sp³-hybridized carbons (Fsp3) is 0.571. The lowest BCUT2D eigenvalue weighted by Crippen LogP contribution is -2.20. The molecule has 5 heteroatoms. The van der Waals surface area contributed by atoms with E-state index in [1.54, 1.807) is 12.1 Å². The summed E-state index contributed by atoms with van der Waals surface area (Å²) in [7, 11) is 0. The number of nitro groups is 1. The van der Waals surface area contributed by atoms with Gasteiger partial charge in [0.25, 0.3) is 5.69 Å². The Morgan fingerprint density at radius 1 is 1.53 bits per heavy atom. The van der Waals surface area contributed by atoms with Crippen LogP contribution >= 0.6 is 0 Å². The van der Waals surface area contributed by atoms with Crippen LogP contribution in [-0.4, -0.2) is 23.1 Å². The Balaban J connectivity index is 2.22. The fourth-order valence-electron chi connectivity index (χ4n) is 2.78. The molecule has 1 N–H and O–H groups in total. The zero-order valence-electron chi connectivity index (χ0n) is 11.2. The van der Waals surface area contributed by atoms with Crippen LogP contribution in [0.5, 0.6) is 0 Å². The topological polar surface area (TPSA) is 66.6 Å². The van der Waals surface area contributed by atoms with Gasteiger partial charge in [0.05, 0.1) is 11.5 Å². The zero-order valence-corrected chi connectivity index (χ0v) is 11.2. The molecule has 1 aromatic rings. The maximum absolute atomic E-state index is 11.2. The van der Waals surface area contributed by atoms with Crippen molar-refractivity contribution < 1.29 is 10.0 Å². The van der Waals surface area contributed by atoms with Crippen molar-refractivity contribution in [3.05, 3.63) is 33.9 Å². The Bertz CT molecular complexity index is 462. The predicted molar refractivity (Wildman–Crippen MR) is 74.2 cm³/mol. The number of hydrogen-bond donors (Lipinski definition) is 1. The van der Waals surface area contributed by atoms with Gasteiger partial charge in [-0.1, -0.05) is 19.4 Å². The first-order valence-corrected chi connectivity index (χ1v) is 6.78. The molecule has 0 radical (unpaired) electrons. The maximum Gasteiger partial charge on any atom is 0.292 e. The van der Waals surface area contributed by atoms with Gasteiger partial charge in [-0.2, -0.15) is 0 Å². The van der Waals surface area contributed by atoms with E-state index in [0.717, 1.165) is 25.9 Å². The number of benzene rings is 1. The maximum atomic E-state index is 11.2. The number of nitro benzene ring substituents is 1. The molecule has 0 aliphatic carbocycles. The first-order valence-electron chi connectivity index (χ1n) is 6.78. The molecule has 1 atom stereocenters. The summed E-state index contributed by atoms with van der Waals surface area (Å²) in [4.78, 5) is 12.9. The highest BCUT2D eigenvalue weighted by Gasteiger charge is 2.27. The van der Waals surface area contributed by atoms with E-state index in [-0.39, 0.29) is 17.2 Å². The SMILES string of the molecule is CCCC1CCN(c2ccc(CO)cc2[N+](=O)[O-])C1. The summed E-state index contributed by atoms with van der Waals surface area (Å²) < 4.78 is 0. The van der Waals surface area contributed by atoms with E-state index >= 15 is 0 Å². The number of aliphatic hydroxyl groups excluding tert-OH is 1. The summed E-state index contributed by atoms with van der Waals surface area (Å²) in [5.74, 6) is 0.641. The standard InChI is InChI=1S/C14H20N2O3/c1-2-3-11-6-7-15(9-11)13-5-4-12(10-17)8-14(13)16(18)19/h4-5,8,11,17H,2-3,6-7,9-10H2,1H3. The largest absolute Gasteiger partial charge is 0.392 e. The van der Waals surface area contributed by atoms with Crippen LogP contribution in [0.3, 0.4) is 0 Å². The van der Waals surface area contributed by atoms with Crippen molar-refractivity contribution in [2.24, 2.45) is 5.92 Å². The van der Waals surface area contributed by atoms with Crippen LogP contribution in [0.25, 0.3) is 0 Å². The minimum absolute atomic E-state index is 0.101. The van der Waals surface area contributed by atoms with Crippen LogP contribution in [-0.2, 0) is 6.61 Å². The molecule has 1 fully saturated rings. The van der Waals surface area contributed by atoms with E-state index in [4.69, 9.17) is 5.11 Å². The van der Waals surface area contributed by atoms with Gasteiger partial charge in [-0.25, -0.2) is 0 Å². The predicted octanol–water partition coefficient (Wildman–Crippen LogP) is 2.71. The molecule has 0 aromatic heterocycles. The summed E-state index contributed by atoms with van der Waals surface area (Å²) in [6, 6.07) is 5.00. The lowest BCUT2D eigenvalue weighted by atomic mass is 10.0. The molecule has 19 heavy (non-hydrogen) atoms. The van der Waals surface area contributed by atoms with Gasteiger partial charge in [0.2, 0.25) is 0 Å². The molecule has 0 bridgehead atoms. The number of rotatable bonds is 5. The molecule has 1 heterocycles. The highest BCUT2D eigenvalue weighted by atomic mass is 16.6. The van der Waals surface area contributed by atoms with Crippen molar-refractivity contribution in [3.8, 4) is 0 Å². The molecule has 1 saturated heterocycles. The average Bonchev–Trinajstić information content (AvgIpc) is 2.87. The van der Waals surface area contributed by atoms with Crippen LogP contribution in [0.4, 0.5) is 11.4 Å². The van der Waals surface area contributed by atoms with E-state index in [2.05, 4.69) is 11.8 Å². The first-order chi connectivity index (χ1) is 9.15. The lowest BCUT2D eigenvalue weighted by molar-refractivity contribution is -0.384. The van der Waals surface area contributed by atoms with Crippen molar-refractivity contribution in [3.63, 3.8) is 0 Å². The highest BCUT2D eigenvalue weighted by molar-refractivity contribution is 5.64. The van der Waals surface area contributed by atoms with Crippen molar-refractivity contribution >= 4 is 11.4 Å². The van der Waals surface area contributed by atoms with Crippen molar-refractivity contribution in [1.29, 1.82) is 0 Å². The quantitative estimate of drug-likeness (QED) is 0.656. The summed E-state index contributed by atoms with van der Waals surface area (Å²) in [6.45, 7) is 3.78. The van der Waals surface area contributed by atoms with Crippen LogP contribution in [0.2, 0.25) is 0 Å². The summed E-state index contributed by atoms with van der Waals surface area (Å²) in [5, 5.41) is 20.2. The summed E-state index contributed by atoms with van der Waals surface area (Å²) in [6.07, 6.45) is 3.44. The van der Waals surface area contributed by atoms with Crippen molar-refractivity contribution in [2.45, 2.75) is 32.8 Å². The molecule has 0 amide bonds. The molecule has 1 aliphatic heterocycles. The average molecular weight is 264 g/mol. The van der Waals surface area contributed by atoms with Crippen LogP contribution in [0.1, 0.15) is 31.7 Å². The van der Waals surface area contributed by atoms with Gasteiger partial charge in [-0.3, -0.25) is 10.1 Å². The van der Waals surface area contributed by atoms with Gasteiger partial charge in [0.15, 0.2) is 0 Å². The second kappa shape index (κ2) is 6.02. The molecule has 1 aliphatic rings. The van der Waals surface area contributed by atoms with E-state index in [0.29, 0.717) is 17.2 Å². The molecule has 1 unspecified atom stereocenters. The van der Waals surface area contributed by atoms with Crippen molar-refractivity contribution in [2.75, 3.05) is 18.0 Å². The number of hydrogen-bond acceptors (Lipinski definition) is 4. The Morgan fingerprint density at radius 3 is 2.95 bits per heavy atom. The third-order valence-electron chi connectivity index (χ3n) is 3.74. The van der Waals surface area contributed by atoms with Gasteiger partial charge in [0.1, 0.15) is 5.69 Å². The van der Waals surface area contributed by atoms with Crippen molar-refractivity contribution in [1.82, 2.24) is 0 Å². The van der Waals surface area contributed by atoms with Gasteiger partial charge in [-0.05, 0) is 30.4 Å². The molecule has 0 spiro atoms. The highest BCUT2D eigenvalue weighted by Crippen LogP contribution is 2.34. The third kappa shape index (κ3) is 3.04. The molecular weight excluding hydrogens is 244 g/mol. The van der Waals surface area contributed by atoms with E-state index in [9.17, 15) is 10.1 Å². The minimum atomic E-state index is -0.359. The third-order valence-corrected chi connectivity index (χ3v) is 3.74. The molecular formula is C14H20N2O3. The Morgan fingerprint density at radius 2 is 2.32 bits per heavy atom. The van der Waals surface area contributed by atoms with Crippen LogP contribution < -0.4 is 4.90 Å². The molecule has 0 saturated carbocycles. The number of nitrogens with zero attached hydrogens (tertiary/aromatic N) is 2. The zero-order chi connectivity index (χ0) is 13.8. The van der Waals surface area contributed by atoms with E-state index in [1.807, 2.05) is 0 Å². The van der Waals surface area contributed by atoms with Gasteiger partial charge in [0, 0.05) is 19.2 Å². The number of anilines is 1. The molecule has 104 valence electrons. The monoisotopic (exact) mass is 264 g/mol. The second-order valence-electron chi connectivity index (χ2n) is 5.13. The Hall–Kier alpha value is -1.62. The van der Waals surface area contributed by atoms with Crippen LogP contribution in [0.15, 0.2) is 18.2 Å². The van der Waals surface area contributed by atoms with E-state index in [1.165, 1.54) is 12.5 Å². The van der Waals surface area contributed by atoms with E-state index < -0.39 is 0 Å². The Kier molecular flexibility index (Phi) is 4.37. The number of aliphatic hydroxyl groups is 1. The van der Waals surface area contributed by atoms with Gasteiger partial charge < -0.3 is 10.0 Å². The summed E-state index contributed by atoms with van der Waals surface area (Å²) >= 11 is 0. The smallest absolute Gasteiger partial charge is 0.292 e. The van der Waals surface area contributed by atoms with Gasteiger partial charge in [-0.15, -0.1) is 0 Å². The first kappa shape index (κ1) is 13.8. The Labute approximate surface area is 113 Å². The molecule has 2 rings (SSSR count). The minimum Gasteiger partial charge on any atom is -0.392 e. The summed E-state index contributed by atoms with van der Waals surface area (Å²) in [5.41, 5.74) is 1.37. The fourth-order valence-corrected chi connectivity index (χ4v) is 2.78. The molecule has 1 aromatic carbocycles. The normalized spacial score (nSPS) is 18.8. The second-order valence-corrected chi connectivity index (χ2v) is 5.13. The van der Waals surface area contributed by atoms with Gasteiger partial charge >= 0.3 is 0 Å². The lowest BCUT2D eigenvalue weighted by Gasteiger charge is -2.19.